The lowest BCUT2D eigenvalue weighted by atomic mass is 10.2. The summed E-state index contributed by atoms with van der Waals surface area (Å²) in [6, 6.07) is 0.414. The maximum absolute atomic E-state index is 4.38. The van der Waals surface area contributed by atoms with E-state index in [-0.39, 0.29) is 5.37 Å². The third-order valence-corrected chi connectivity index (χ3v) is 2.50. The Kier molecular flexibility index (Phi) is 1.84. The first-order valence-electron chi connectivity index (χ1n) is 3.49. The SMILES string of the molecule is SC1NCNC2NCNC12. The molecule has 0 spiro atoms. The maximum atomic E-state index is 4.38. The van der Waals surface area contributed by atoms with Crippen LogP contribution in [0.15, 0.2) is 0 Å². The minimum atomic E-state index is 0.265. The van der Waals surface area contributed by atoms with Crippen LogP contribution >= 0.6 is 12.6 Å². The number of rotatable bonds is 0. The third kappa shape index (κ3) is 1.04. The molecule has 0 aromatic heterocycles. The molecule has 0 radical (unpaired) electrons. The van der Waals surface area contributed by atoms with Gasteiger partial charge in [0.2, 0.25) is 0 Å². The van der Waals surface area contributed by atoms with Crippen molar-refractivity contribution in [2.45, 2.75) is 17.6 Å². The van der Waals surface area contributed by atoms with E-state index in [4.69, 9.17) is 0 Å². The molecule has 3 unspecified atom stereocenters. The summed E-state index contributed by atoms with van der Waals surface area (Å²) in [5.74, 6) is 0. The van der Waals surface area contributed by atoms with Crippen molar-refractivity contribution in [2.75, 3.05) is 13.3 Å². The monoisotopic (exact) mass is 160 g/mol. The van der Waals surface area contributed by atoms with Gasteiger partial charge in [0.25, 0.3) is 0 Å². The summed E-state index contributed by atoms with van der Waals surface area (Å²) in [5.41, 5.74) is 0. The molecule has 2 aliphatic heterocycles. The summed E-state index contributed by atoms with van der Waals surface area (Å²) in [5, 5.41) is 13.3. The molecule has 2 rings (SSSR count). The van der Waals surface area contributed by atoms with Gasteiger partial charge in [0.05, 0.1) is 17.6 Å². The molecular weight excluding hydrogens is 148 g/mol. The van der Waals surface area contributed by atoms with Gasteiger partial charge in [-0.2, -0.15) is 12.6 Å². The predicted octanol–water partition coefficient (Wildman–Crippen LogP) is -1.76. The fourth-order valence-corrected chi connectivity index (χ4v) is 1.79. The van der Waals surface area contributed by atoms with Crippen molar-refractivity contribution in [3.8, 4) is 0 Å². The lowest BCUT2D eigenvalue weighted by Gasteiger charge is -2.31. The highest BCUT2D eigenvalue weighted by Crippen LogP contribution is 2.08. The number of thiol groups is 1. The Morgan fingerprint density at radius 1 is 1.00 bits per heavy atom. The van der Waals surface area contributed by atoms with Crippen LogP contribution in [0.5, 0.6) is 0 Å². The predicted molar refractivity (Wildman–Crippen MR) is 42.6 cm³/mol. The molecule has 10 heavy (non-hydrogen) atoms. The Labute approximate surface area is 65.5 Å². The third-order valence-electron chi connectivity index (χ3n) is 1.99. The summed E-state index contributed by atoms with van der Waals surface area (Å²) in [6.07, 6.45) is 0.392. The number of nitrogens with one attached hydrogen (secondary N) is 4. The first-order chi connectivity index (χ1) is 4.88. The van der Waals surface area contributed by atoms with E-state index in [0.29, 0.717) is 12.2 Å². The minimum absolute atomic E-state index is 0.265. The van der Waals surface area contributed by atoms with E-state index in [1.807, 2.05) is 0 Å². The Hall–Kier alpha value is 0.190. The molecule has 5 heteroatoms. The minimum Gasteiger partial charge on any atom is -0.297 e. The zero-order valence-electron chi connectivity index (χ0n) is 5.59. The normalized spacial score (nSPS) is 47.1. The van der Waals surface area contributed by atoms with E-state index < -0.39 is 0 Å². The molecule has 0 saturated carbocycles. The molecule has 4 N–H and O–H groups in total. The van der Waals surface area contributed by atoms with Crippen LogP contribution < -0.4 is 21.3 Å². The number of fused-ring (bicyclic) bond motifs is 1. The van der Waals surface area contributed by atoms with E-state index in [9.17, 15) is 0 Å². The molecule has 0 aromatic rings. The lowest BCUT2D eigenvalue weighted by Crippen LogP contribution is -2.62. The zero-order valence-corrected chi connectivity index (χ0v) is 6.49. The summed E-state index contributed by atoms with van der Waals surface area (Å²) in [6.45, 7) is 1.71. The topological polar surface area (TPSA) is 48.1 Å². The molecule has 2 saturated heterocycles. The van der Waals surface area contributed by atoms with Gasteiger partial charge in [-0.3, -0.25) is 21.3 Å². The fraction of sp³-hybridized carbons (Fsp3) is 1.00. The van der Waals surface area contributed by atoms with Crippen LogP contribution in [0, 0.1) is 0 Å². The summed E-state index contributed by atoms with van der Waals surface area (Å²) in [4.78, 5) is 0. The number of hydrogen-bond acceptors (Lipinski definition) is 5. The van der Waals surface area contributed by atoms with Gasteiger partial charge >= 0.3 is 0 Å². The average Bonchev–Trinajstić information content (AvgIpc) is 2.36. The molecule has 0 aliphatic carbocycles. The van der Waals surface area contributed by atoms with Crippen molar-refractivity contribution in [3.63, 3.8) is 0 Å². The second-order valence-electron chi connectivity index (χ2n) is 2.62. The van der Waals surface area contributed by atoms with Crippen LogP contribution in [-0.4, -0.2) is 30.9 Å². The summed E-state index contributed by atoms with van der Waals surface area (Å²) >= 11 is 4.38. The van der Waals surface area contributed by atoms with Gasteiger partial charge in [-0.25, -0.2) is 0 Å². The van der Waals surface area contributed by atoms with Crippen molar-refractivity contribution >= 4 is 12.6 Å². The van der Waals surface area contributed by atoms with Gasteiger partial charge in [0.1, 0.15) is 0 Å². The van der Waals surface area contributed by atoms with E-state index in [1.165, 1.54) is 0 Å². The van der Waals surface area contributed by atoms with Gasteiger partial charge in [-0.15, -0.1) is 0 Å². The highest BCUT2D eigenvalue weighted by atomic mass is 32.1. The Balaban J connectivity index is 2.03. The Bertz CT molecular complexity index is 131. The quantitative estimate of drug-likeness (QED) is 0.272. The largest absolute Gasteiger partial charge is 0.297 e. The van der Waals surface area contributed by atoms with Gasteiger partial charge in [0, 0.05) is 13.3 Å². The maximum Gasteiger partial charge on any atom is 0.0774 e. The molecule has 2 aliphatic rings. The zero-order chi connectivity index (χ0) is 6.97. The van der Waals surface area contributed by atoms with Crippen LogP contribution in [0.1, 0.15) is 0 Å². The number of hydrogen-bond donors (Lipinski definition) is 5. The highest BCUT2D eigenvalue weighted by molar-refractivity contribution is 7.81. The second kappa shape index (κ2) is 2.67. The molecule has 4 nitrogen and oxygen atoms in total. The van der Waals surface area contributed by atoms with Crippen LogP contribution in [-0.2, 0) is 0 Å². The van der Waals surface area contributed by atoms with Crippen molar-refractivity contribution < 1.29 is 0 Å². The van der Waals surface area contributed by atoms with Gasteiger partial charge < -0.3 is 0 Å². The lowest BCUT2D eigenvalue weighted by molar-refractivity contribution is 0.323. The molecule has 0 amide bonds. The first-order valence-corrected chi connectivity index (χ1v) is 4.01. The molecule has 0 bridgehead atoms. The Morgan fingerprint density at radius 2 is 1.70 bits per heavy atom. The molecule has 2 heterocycles. The smallest absolute Gasteiger partial charge is 0.0774 e. The van der Waals surface area contributed by atoms with Crippen LogP contribution in [0.3, 0.4) is 0 Å². The van der Waals surface area contributed by atoms with Gasteiger partial charge in [-0.05, 0) is 0 Å². The standard InChI is InChI=1S/C5H12N4S/c10-5-3-4(7-1-6-3)8-2-9-5/h3-10H,1-2H2. The molecular formula is C5H12N4S. The van der Waals surface area contributed by atoms with Crippen LogP contribution in [0.25, 0.3) is 0 Å². The van der Waals surface area contributed by atoms with E-state index in [1.54, 1.807) is 0 Å². The fourth-order valence-electron chi connectivity index (χ4n) is 1.43. The summed E-state index contributed by atoms with van der Waals surface area (Å²) < 4.78 is 0. The van der Waals surface area contributed by atoms with E-state index in [0.717, 1.165) is 13.3 Å². The van der Waals surface area contributed by atoms with Crippen molar-refractivity contribution in [2.24, 2.45) is 0 Å². The van der Waals surface area contributed by atoms with Gasteiger partial charge in [-0.1, -0.05) is 0 Å². The molecule has 0 aromatic carbocycles. The average molecular weight is 160 g/mol. The molecule has 2 fully saturated rings. The van der Waals surface area contributed by atoms with Crippen molar-refractivity contribution in [1.29, 1.82) is 0 Å². The highest BCUT2D eigenvalue weighted by Gasteiger charge is 2.33. The first kappa shape index (κ1) is 6.87. The van der Waals surface area contributed by atoms with E-state index >= 15 is 0 Å². The molecule has 58 valence electrons. The Morgan fingerprint density at radius 3 is 2.40 bits per heavy atom. The summed E-state index contributed by atoms with van der Waals surface area (Å²) in [7, 11) is 0. The van der Waals surface area contributed by atoms with Gasteiger partial charge in [0.15, 0.2) is 0 Å². The second-order valence-corrected chi connectivity index (χ2v) is 3.17. The van der Waals surface area contributed by atoms with Crippen molar-refractivity contribution in [1.82, 2.24) is 21.3 Å². The molecule has 3 atom stereocenters. The van der Waals surface area contributed by atoms with Crippen LogP contribution in [0.4, 0.5) is 0 Å². The van der Waals surface area contributed by atoms with Crippen molar-refractivity contribution in [3.05, 3.63) is 0 Å². The van der Waals surface area contributed by atoms with Crippen LogP contribution in [0.2, 0.25) is 0 Å². The van der Waals surface area contributed by atoms with E-state index in [2.05, 4.69) is 33.9 Å².